The number of aliphatic hydroxyl groups is 3. The summed E-state index contributed by atoms with van der Waals surface area (Å²) in [6.45, 7) is 11.6. The lowest BCUT2D eigenvalue weighted by Gasteiger charge is -2.55. The largest absolute Gasteiger partial charge is 0.469 e. The van der Waals surface area contributed by atoms with E-state index in [4.69, 9.17) is 47.0 Å². The summed E-state index contributed by atoms with van der Waals surface area (Å²) < 4.78 is 60.6. The van der Waals surface area contributed by atoms with E-state index in [-0.39, 0.29) is 83.7 Å². The molecule has 18 atom stereocenters. The van der Waals surface area contributed by atoms with E-state index in [0.29, 0.717) is 89.1 Å². The molecular formula is C45H70O14. The first-order valence-corrected chi connectivity index (χ1v) is 21.9. The molecular weight excluding hydrogens is 764 g/mol. The fourth-order valence-corrected chi connectivity index (χ4v) is 11.5. The van der Waals surface area contributed by atoms with Crippen LogP contribution in [0.4, 0.5) is 0 Å². The van der Waals surface area contributed by atoms with Gasteiger partial charge in [0, 0.05) is 63.9 Å². The fraction of sp³-hybridized carbons (Fsp3) is 0.844. The second kappa shape index (κ2) is 18.9. The summed E-state index contributed by atoms with van der Waals surface area (Å²) in [5, 5.41) is 33.5. The van der Waals surface area contributed by atoms with Gasteiger partial charge in [-0.2, -0.15) is 0 Å². The maximum atomic E-state index is 13.9. The van der Waals surface area contributed by atoms with Crippen LogP contribution in [0.15, 0.2) is 28.4 Å². The van der Waals surface area contributed by atoms with Crippen LogP contribution in [0, 0.1) is 36.0 Å². The quantitative estimate of drug-likeness (QED) is 0.225. The maximum absolute atomic E-state index is 13.9. The summed E-state index contributed by atoms with van der Waals surface area (Å²) in [7, 11) is 5.04. The Hall–Kier alpha value is -1.79. The molecule has 0 unspecified atom stereocenters. The lowest BCUT2D eigenvalue weighted by atomic mass is 9.51. The van der Waals surface area contributed by atoms with Crippen LogP contribution in [0.25, 0.3) is 0 Å². The first kappa shape index (κ1) is 45.2. The van der Waals surface area contributed by atoms with Crippen LogP contribution in [0.1, 0.15) is 90.4 Å². The van der Waals surface area contributed by atoms with Gasteiger partial charge in [0.15, 0.2) is 17.7 Å². The molecule has 3 aliphatic carbocycles. The average molecular weight is 835 g/mol. The molecule has 2 saturated carbocycles. The van der Waals surface area contributed by atoms with Gasteiger partial charge in [-0.3, -0.25) is 4.79 Å². The molecule has 3 N–H and O–H groups in total. The number of furan rings is 1. The molecule has 0 radical (unpaired) electrons. The van der Waals surface area contributed by atoms with Crippen molar-refractivity contribution in [2.75, 3.05) is 47.8 Å². The SMILES string of the molecule is CO[C@@H]1C[C@H](COC[C@@H]2[C@@H](C)O[C@@H](COC[C@@H]3[C@@H](C)O[C@@H](O[C@H]4CC5=CC[C@@H]6C(=O)[C@](O)(c7ccoc7C)CC[C@@H]6[C@]5(C)C[C@@H]4O)C[C@H]3OC)C[C@H]2OC)O[C@H](C)[C@H]1O. The number of carbonyl (C=O) groups is 1. The number of fused-ring (bicyclic) bond motifs is 3. The summed E-state index contributed by atoms with van der Waals surface area (Å²) >= 11 is 0. The molecule has 1 aromatic heterocycles. The molecule has 3 aliphatic heterocycles. The van der Waals surface area contributed by atoms with Gasteiger partial charge in [0.2, 0.25) is 0 Å². The van der Waals surface area contributed by atoms with Gasteiger partial charge < -0.3 is 62.4 Å². The third-order valence-corrected chi connectivity index (χ3v) is 15.1. The molecule has 7 rings (SSSR count). The Morgan fingerprint density at radius 2 is 1.42 bits per heavy atom. The normalized spacial score (nSPS) is 45.4. The van der Waals surface area contributed by atoms with E-state index >= 15 is 0 Å². The van der Waals surface area contributed by atoms with Crippen LogP contribution in [0.3, 0.4) is 0 Å². The molecule has 0 spiro atoms. The van der Waals surface area contributed by atoms with Gasteiger partial charge >= 0.3 is 0 Å². The minimum atomic E-state index is -1.54. The van der Waals surface area contributed by atoms with Crippen LogP contribution < -0.4 is 0 Å². The highest BCUT2D eigenvalue weighted by molar-refractivity contribution is 5.92. The van der Waals surface area contributed by atoms with Gasteiger partial charge in [0.1, 0.15) is 11.9 Å². The van der Waals surface area contributed by atoms with E-state index in [2.05, 4.69) is 13.0 Å². The topological polar surface area (TPSA) is 174 Å². The van der Waals surface area contributed by atoms with Crippen molar-refractivity contribution >= 4 is 5.78 Å². The van der Waals surface area contributed by atoms with Crippen molar-refractivity contribution < 1.29 is 67.2 Å². The summed E-state index contributed by atoms with van der Waals surface area (Å²) in [6.07, 6.45) is 4.19. The Labute approximate surface area is 349 Å². The maximum Gasteiger partial charge on any atom is 0.172 e. The van der Waals surface area contributed by atoms with Gasteiger partial charge in [-0.05, 0) is 77.2 Å². The fourth-order valence-electron chi connectivity index (χ4n) is 11.5. The number of aryl methyl sites for hydroxylation is 1. The summed E-state index contributed by atoms with van der Waals surface area (Å²) in [6, 6.07) is 1.71. The van der Waals surface area contributed by atoms with Crippen molar-refractivity contribution in [2.24, 2.45) is 29.1 Å². The number of ether oxygens (including phenoxy) is 9. The molecule has 4 heterocycles. The number of hydrogen-bond donors (Lipinski definition) is 3. The molecule has 14 nitrogen and oxygen atoms in total. The van der Waals surface area contributed by atoms with Crippen molar-refractivity contribution in [1.82, 2.24) is 0 Å². The molecule has 5 fully saturated rings. The highest BCUT2D eigenvalue weighted by Gasteiger charge is 2.58. The average Bonchev–Trinajstić information content (AvgIpc) is 3.65. The smallest absolute Gasteiger partial charge is 0.172 e. The standard InChI is InChI=1S/C45H70O14/c1-24-32(22-54-21-30-17-40(52-8)42(47)27(4)57-30)37(50-6)16-29(56-24)20-53-23-33-25(2)58-41(18-38(33)51-7)59-39-15-28-9-10-31-35(44(28,5)19-36(39)46)11-13-45(49,43(31)48)34-12-14-55-26(34)3/h9,12,14,24-25,27,29-33,35-42,46-47,49H,10-11,13,15-23H2,1-8H3/t24-,25-,27-,29-,30-,31+,32-,33-,35+,36+,37-,38-,39+,40-,41+,42-,44-,45-/m1/s1. The Morgan fingerprint density at radius 3 is 2.05 bits per heavy atom. The van der Waals surface area contributed by atoms with Gasteiger partial charge in [-0.25, -0.2) is 0 Å². The Balaban J connectivity index is 0.871. The number of methoxy groups -OCH3 is 3. The highest BCUT2D eigenvalue weighted by atomic mass is 16.7. The minimum Gasteiger partial charge on any atom is -0.469 e. The minimum absolute atomic E-state index is 0.0265. The first-order chi connectivity index (χ1) is 28.2. The van der Waals surface area contributed by atoms with Crippen molar-refractivity contribution in [3.63, 3.8) is 0 Å². The van der Waals surface area contributed by atoms with E-state index in [1.54, 1.807) is 34.3 Å². The van der Waals surface area contributed by atoms with Crippen LogP contribution >= 0.6 is 0 Å². The van der Waals surface area contributed by atoms with Crippen molar-refractivity contribution in [2.45, 2.75) is 165 Å². The lowest BCUT2D eigenvalue weighted by molar-refractivity contribution is -0.270. The highest BCUT2D eigenvalue weighted by Crippen LogP contribution is 2.58. The zero-order chi connectivity index (χ0) is 42.2. The number of allylic oxidation sites excluding steroid dienone is 1. The third kappa shape index (κ3) is 9.17. The van der Waals surface area contributed by atoms with E-state index in [0.717, 1.165) is 0 Å². The third-order valence-electron chi connectivity index (χ3n) is 15.1. The molecule has 6 aliphatic rings. The van der Waals surface area contributed by atoms with Crippen LogP contribution in [-0.4, -0.2) is 142 Å². The predicted molar refractivity (Wildman–Crippen MR) is 213 cm³/mol. The van der Waals surface area contributed by atoms with Crippen molar-refractivity contribution in [3.8, 4) is 0 Å². The zero-order valence-electron chi connectivity index (χ0n) is 36.3. The Kier molecular flexibility index (Phi) is 14.5. The molecule has 3 saturated heterocycles. The van der Waals surface area contributed by atoms with Gasteiger partial charge in [-0.15, -0.1) is 0 Å². The predicted octanol–water partition coefficient (Wildman–Crippen LogP) is 4.41. The molecule has 1 aromatic rings. The lowest BCUT2D eigenvalue weighted by Crippen LogP contribution is -2.56. The van der Waals surface area contributed by atoms with Crippen molar-refractivity contribution in [1.29, 1.82) is 0 Å². The molecule has 0 bridgehead atoms. The van der Waals surface area contributed by atoms with Crippen LogP contribution in [0.2, 0.25) is 0 Å². The monoisotopic (exact) mass is 834 g/mol. The second-order valence-corrected chi connectivity index (χ2v) is 18.5. The van der Waals surface area contributed by atoms with E-state index in [1.807, 2.05) is 20.8 Å². The first-order valence-electron chi connectivity index (χ1n) is 21.9. The number of hydrogen-bond acceptors (Lipinski definition) is 14. The van der Waals surface area contributed by atoms with E-state index in [1.165, 1.54) is 11.8 Å². The summed E-state index contributed by atoms with van der Waals surface area (Å²) in [5.74, 6) is 0.138. The number of rotatable bonds is 14. The molecule has 334 valence electrons. The Bertz CT molecular complexity index is 1580. The number of Topliss-reactive ketones (excluding diaryl/α,β-unsaturated/α-hetero) is 1. The van der Waals surface area contributed by atoms with E-state index < -0.39 is 30.2 Å². The summed E-state index contributed by atoms with van der Waals surface area (Å²) in [5.41, 5.74) is -0.139. The number of aliphatic hydroxyl groups excluding tert-OH is 2. The van der Waals surface area contributed by atoms with Gasteiger partial charge in [0.25, 0.3) is 0 Å². The van der Waals surface area contributed by atoms with Gasteiger partial charge in [-0.1, -0.05) is 18.6 Å². The molecule has 0 amide bonds. The van der Waals surface area contributed by atoms with Crippen LogP contribution in [-0.2, 0) is 53.0 Å². The zero-order valence-corrected chi connectivity index (χ0v) is 36.3. The molecule has 14 heteroatoms. The van der Waals surface area contributed by atoms with Crippen molar-refractivity contribution in [3.05, 3.63) is 35.3 Å². The van der Waals surface area contributed by atoms with Crippen LogP contribution in [0.5, 0.6) is 0 Å². The Morgan fingerprint density at radius 1 is 0.814 bits per heavy atom. The molecule has 59 heavy (non-hydrogen) atoms. The number of ketones is 1. The van der Waals surface area contributed by atoms with E-state index in [9.17, 15) is 20.1 Å². The summed E-state index contributed by atoms with van der Waals surface area (Å²) in [4.78, 5) is 13.9. The second-order valence-electron chi connectivity index (χ2n) is 18.5. The van der Waals surface area contributed by atoms with Gasteiger partial charge in [0.05, 0.1) is 93.7 Å². The molecule has 0 aromatic carbocycles. The number of carbonyl (C=O) groups excluding carboxylic acids is 1.